The van der Waals surface area contributed by atoms with Crippen LogP contribution in [0.3, 0.4) is 0 Å². The molecule has 0 fully saturated rings. The van der Waals surface area contributed by atoms with Gasteiger partial charge in [-0.25, -0.2) is 0 Å². The van der Waals surface area contributed by atoms with E-state index in [-0.39, 0.29) is 18.0 Å². The maximum absolute atomic E-state index is 12.6. The maximum Gasteiger partial charge on any atom is 0.306 e. The van der Waals surface area contributed by atoms with Gasteiger partial charge in [0, 0.05) is 26.5 Å². The summed E-state index contributed by atoms with van der Waals surface area (Å²) in [6.07, 6.45) is 33.3. The molecule has 0 aliphatic carbocycles. The first-order valence-corrected chi connectivity index (χ1v) is 20.6. The van der Waals surface area contributed by atoms with E-state index in [1.54, 1.807) is 7.11 Å². The molecular formula is C41H81NO5. The summed E-state index contributed by atoms with van der Waals surface area (Å²) in [6.45, 7) is 11.3. The first-order chi connectivity index (χ1) is 23.1. The third-order valence-corrected chi connectivity index (χ3v) is 9.39. The average Bonchev–Trinajstić information content (AvgIpc) is 3.07. The van der Waals surface area contributed by atoms with Gasteiger partial charge >= 0.3 is 11.9 Å². The van der Waals surface area contributed by atoms with E-state index in [0.29, 0.717) is 19.4 Å². The van der Waals surface area contributed by atoms with Crippen LogP contribution in [0.1, 0.15) is 207 Å². The molecule has 280 valence electrons. The zero-order chi connectivity index (χ0) is 34.5. The van der Waals surface area contributed by atoms with Crippen molar-refractivity contribution in [2.24, 2.45) is 0 Å². The molecule has 0 bridgehead atoms. The molecule has 0 radical (unpaired) electrons. The second-order valence-electron chi connectivity index (χ2n) is 14.0. The number of hydrogen-bond donors (Lipinski definition) is 0. The number of carbonyl (C=O) groups excluding carboxylic acids is 2. The first-order valence-electron chi connectivity index (χ1n) is 20.6. The fourth-order valence-corrected chi connectivity index (χ4v) is 6.25. The van der Waals surface area contributed by atoms with Crippen LogP contribution in [0.15, 0.2) is 0 Å². The monoisotopic (exact) mass is 668 g/mol. The third-order valence-electron chi connectivity index (χ3n) is 9.39. The van der Waals surface area contributed by atoms with E-state index < -0.39 is 0 Å². The van der Waals surface area contributed by atoms with Gasteiger partial charge in [0.05, 0.1) is 13.2 Å². The molecule has 0 aliphatic rings. The predicted octanol–water partition coefficient (Wildman–Crippen LogP) is 11.8. The quantitative estimate of drug-likeness (QED) is 0.0482. The molecule has 0 saturated heterocycles. The standard InChI is InChI=1S/C41H81NO5/c1-5-8-11-14-15-22-29-37-46-40(43)32-25-18-16-20-27-34-42(36-38-45-4)35-28-21-17-19-26-33-41(44)47-39(30-23-12-9-6-2)31-24-13-10-7-3/h39H,5-38H2,1-4H3. The van der Waals surface area contributed by atoms with E-state index in [2.05, 4.69) is 25.7 Å². The van der Waals surface area contributed by atoms with Crippen LogP contribution in [0.2, 0.25) is 0 Å². The zero-order valence-electron chi connectivity index (χ0n) is 32.1. The molecule has 6 heteroatoms. The SMILES string of the molecule is CCCCCCCCCOC(=O)CCCCCCCN(CCCCCCCC(=O)OC(CCCCCC)CCCCCC)CCOC. The van der Waals surface area contributed by atoms with Crippen molar-refractivity contribution in [1.82, 2.24) is 4.90 Å². The summed E-state index contributed by atoms with van der Waals surface area (Å²) in [4.78, 5) is 27.1. The maximum atomic E-state index is 12.6. The number of ether oxygens (including phenoxy) is 3. The summed E-state index contributed by atoms with van der Waals surface area (Å²) < 4.78 is 16.7. The predicted molar refractivity (Wildman–Crippen MR) is 200 cm³/mol. The summed E-state index contributed by atoms with van der Waals surface area (Å²) in [5, 5.41) is 0. The van der Waals surface area contributed by atoms with E-state index in [0.717, 1.165) is 71.2 Å². The van der Waals surface area contributed by atoms with Crippen molar-refractivity contribution in [3.63, 3.8) is 0 Å². The highest BCUT2D eigenvalue weighted by molar-refractivity contribution is 5.69. The van der Waals surface area contributed by atoms with Gasteiger partial charge in [-0.05, 0) is 70.9 Å². The lowest BCUT2D eigenvalue weighted by molar-refractivity contribution is -0.150. The van der Waals surface area contributed by atoms with E-state index in [4.69, 9.17) is 14.2 Å². The van der Waals surface area contributed by atoms with Crippen LogP contribution >= 0.6 is 0 Å². The van der Waals surface area contributed by atoms with Gasteiger partial charge in [-0.1, -0.05) is 136 Å². The lowest BCUT2D eigenvalue weighted by atomic mass is 10.0. The number of unbranched alkanes of at least 4 members (excludes halogenated alkanes) is 20. The molecular weight excluding hydrogens is 586 g/mol. The molecule has 0 heterocycles. The highest BCUT2D eigenvalue weighted by Gasteiger charge is 2.14. The Kier molecular flexibility index (Phi) is 36.8. The molecule has 0 spiro atoms. The second kappa shape index (κ2) is 37.7. The Labute approximate surface area is 293 Å². The minimum Gasteiger partial charge on any atom is -0.466 e. The zero-order valence-corrected chi connectivity index (χ0v) is 32.1. The van der Waals surface area contributed by atoms with Crippen molar-refractivity contribution in [2.75, 3.05) is 40.0 Å². The minimum absolute atomic E-state index is 0.0170. The van der Waals surface area contributed by atoms with Crippen LogP contribution in [0.25, 0.3) is 0 Å². The van der Waals surface area contributed by atoms with E-state index >= 15 is 0 Å². The lowest BCUT2D eigenvalue weighted by Gasteiger charge is -2.22. The molecule has 0 unspecified atom stereocenters. The Morgan fingerprint density at radius 2 is 0.894 bits per heavy atom. The van der Waals surface area contributed by atoms with Crippen LogP contribution in [-0.4, -0.2) is 62.9 Å². The number of rotatable bonds is 38. The Morgan fingerprint density at radius 1 is 0.468 bits per heavy atom. The highest BCUT2D eigenvalue weighted by atomic mass is 16.5. The number of nitrogens with zero attached hydrogens (tertiary/aromatic N) is 1. The van der Waals surface area contributed by atoms with E-state index in [1.807, 2.05) is 0 Å². The smallest absolute Gasteiger partial charge is 0.306 e. The highest BCUT2D eigenvalue weighted by Crippen LogP contribution is 2.17. The van der Waals surface area contributed by atoms with Gasteiger partial charge in [0.1, 0.15) is 6.10 Å². The third kappa shape index (κ3) is 34.5. The Balaban J connectivity index is 3.92. The van der Waals surface area contributed by atoms with Gasteiger partial charge in [0.15, 0.2) is 0 Å². The normalized spacial score (nSPS) is 11.5. The van der Waals surface area contributed by atoms with Crippen LogP contribution in [0, 0.1) is 0 Å². The molecule has 0 rings (SSSR count). The van der Waals surface area contributed by atoms with Gasteiger partial charge in [-0.2, -0.15) is 0 Å². The molecule has 0 aromatic carbocycles. The van der Waals surface area contributed by atoms with Crippen LogP contribution in [-0.2, 0) is 23.8 Å². The van der Waals surface area contributed by atoms with Gasteiger partial charge in [0.2, 0.25) is 0 Å². The van der Waals surface area contributed by atoms with E-state index in [9.17, 15) is 9.59 Å². The number of esters is 2. The van der Waals surface area contributed by atoms with Crippen molar-refractivity contribution in [1.29, 1.82) is 0 Å². The summed E-state index contributed by atoms with van der Waals surface area (Å²) >= 11 is 0. The number of methoxy groups -OCH3 is 1. The van der Waals surface area contributed by atoms with Crippen LogP contribution < -0.4 is 0 Å². The van der Waals surface area contributed by atoms with Crippen LogP contribution in [0.4, 0.5) is 0 Å². The number of carbonyl (C=O) groups is 2. The van der Waals surface area contributed by atoms with Crippen LogP contribution in [0.5, 0.6) is 0 Å². The van der Waals surface area contributed by atoms with Crippen molar-refractivity contribution in [2.45, 2.75) is 213 Å². The minimum atomic E-state index is -0.0170. The van der Waals surface area contributed by atoms with Crippen molar-refractivity contribution < 1.29 is 23.8 Å². The lowest BCUT2D eigenvalue weighted by Crippen LogP contribution is -2.29. The van der Waals surface area contributed by atoms with Crippen molar-refractivity contribution in [3.05, 3.63) is 0 Å². The fraction of sp³-hybridized carbons (Fsp3) is 0.951. The van der Waals surface area contributed by atoms with Gasteiger partial charge < -0.3 is 19.1 Å². The summed E-state index contributed by atoms with van der Waals surface area (Å²) in [5.41, 5.74) is 0. The van der Waals surface area contributed by atoms with E-state index in [1.165, 1.54) is 128 Å². The summed E-state index contributed by atoms with van der Waals surface area (Å²) in [7, 11) is 1.78. The van der Waals surface area contributed by atoms with Gasteiger partial charge in [-0.15, -0.1) is 0 Å². The molecule has 0 N–H and O–H groups in total. The molecule has 0 atom stereocenters. The summed E-state index contributed by atoms with van der Waals surface area (Å²) in [6, 6.07) is 0. The molecule has 0 aromatic rings. The van der Waals surface area contributed by atoms with Gasteiger partial charge in [0.25, 0.3) is 0 Å². The molecule has 0 aliphatic heterocycles. The second-order valence-corrected chi connectivity index (χ2v) is 14.0. The number of hydrogen-bond acceptors (Lipinski definition) is 6. The molecule has 0 aromatic heterocycles. The average molecular weight is 668 g/mol. The molecule has 47 heavy (non-hydrogen) atoms. The Morgan fingerprint density at radius 3 is 1.40 bits per heavy atom. The van der Waals surface area contributed by atoms with Crippen molar-refractivity contribution in [3.8, 4) is 0 Å². The Hall–Kier alpha value is -1.14. The summed E-state index contributed by atoms with van der Waals surface area (Å²) in [5.74, 6) is 0.00193. The Bertz CT molecular complexity index is 646. The molecule has 0 amide bonds. The molecule has 0 saturated carbocycles. The van der Waals surface area contributed by atoms with Crippen molar-refractivity contribution >= 4 is 11.9 Å². The molecule has 6 nitrogen and oxygen atoms in total. The first kappa shape index (κ1) is 45.9. The fourth-order valence-electron chi connectivity index (χ4n) is 6.25. The largest absolute Gasteiger partial charge is 0.466 e. The van der Waals surface area contributed by atoms with Gasteiger partial charge in [-0.3, -0.25) is 9.59 Å². The topological polar surface area (TPSA) is 65.1 Å².